The van der Waals surface area contributed by atoms with Crippen molar-refractivity contribution in [2.45, 2.75) is 19.9 Å². The van der Waals surface area contributed by atoms with Crippen LogP contribution in [0.2, 0.25) is 0 Å². The molecule has 1 N–H and O–H groups in total. The lowest BCUT2D eigenvalue weighted by atomic mass is 10.1. The van der Waals surface area contributed by atoms with Crippen molar-refractivity contribution in [3.8, 4) is 17.6 Å². The van der Waals surface area contributed by atoms with Gasteiger partial charge in [0, 0.05) is 6.04 Å². The zero-order chi connectivity index (χ0) is 11.1. The van der Waals surface area contributed by atoms with Gasteiger partial charge in [-0.25, -0.2) is 0 Å². The molecule has 1 aromatic rings. The van der Waals surface area contributed by atoms with Crippen molar-refractivity contribution in [2.24, 2.45) is 0 Å². The molecule has 1 aromatic carbocycles. The van der Waals surface area contributed by atoms with Crippen molar-refractivity contribution >= 4 is 0 Å². The SMILES string of the molecule is CC#CCNC(C)c1cccc(OC)c1. The number of benzene rings is 1. The first-order valence-electron chi connectivity index (χ1n) is 5.05. The van der Waals surface area contributed by atoms with Gasteiger partial charge in [-0.3, -0.25) is 5.32 Å². The third kappa shape index (κ3) is 3.65. The highest BCUT2D eigenvalue weighted by Gasteiger charge is 2.04. The zero-order valence-electron chi connectivity index (χ0n) is 9.50. The second kappa shape index (κ2) is 6.10. The Bertz CT molecular complexity index is 362. The third-order valence-corrected chi connectivity index (χ3v) is 2.27. The standard InChI is InChI=1S/C13H17NO/c1-4-5-9-14-11(2)12-7-6-8-13(10-12)15-3/h6-8,10-11,14H,9H2,1-3H3. The van der Waals surface area contributed by atoms with Crippen LogP contribution in [0.5, 0.6) is 5.75 Å². The van der Waals surface area contributed by atoms with Crippen LogP contribution in [-0.4, -0.2) is 13.7 Å². The molecule has 1 atom stereocenters. The zero-order valence-corrected chi connectivity index (χ0v) is 9.50. The topological polar surface area (TPSA) is 21.3 Å². The molecule has 2 nitrogen and oxygen atoms in total. The lowest BCUT2D eigenvalue weighted by Gasteiger charge is -2.13. The van der Waals surface area contributed by atoms with E-state index >= 15 is 0 Å². The van der Waals surface area contributed by atoms with Crippen LogP contribution >= 0.6 is 0 Å². The normalized spacial score (nSPS) is 11.4. The molecule has 0 saturated heterocycles. The minimum Gasteiger partial charge on any atom is -0.497 e. The highest BCUT2D eigenvalue weighted by molar-refractivity contribution is 5.30. The number of rotatable bonds is 4. The molecule has 0 aliphatic carbocycles. The van der Waals surface area contributed by atoms with E-state index in [9.17, 15) is 0 Å². The van der Waals surface area contributed by atoms with E-state index in [4.69, 9.17) is 4.74 Å². The summed E-state index contributed by atoms with van der Waals surface area (Å²) < 4.78 is 5.17. The van der Waals surface area contributed by atoms with Crippen molar-refractivity contribution in [3.05, 3.63) is 29.8 Å². The van der Waals surface area contributed by atoms with E-state index in [1.165, 1.54) is 5.56 Å². The molecule has 0 aliphatic rings. The average molecular weight is 203 g/mol. The predicted octanol–water partition coefficient (Wildman–Crippen LogP) is 2.37. The highest BCUT2D eigenvalue weighted by atomic mass is 16.5. The van der Waals surface area contributed by atoms with E-state index in [-0.39, 0.29) is 0 Å². The summed E-state index contributed by atoms with van der Waals surface area (Å²) in [5, 5.41) is 3.32. The Hall–Kier alpha value is -1.46. The fraction of sp³-hybridized carbons (Fsp3) is 0.385. The number of methoxy groups -OCH3 is 1. The predicted molar refractivity (Wildman–Crippen MR) is 62.9 cm³/mol. The van der Waals surface area contributed by atoms with Crippen LogP contribution in [0.4, 0.5) is 0 Å². The molecule has 80 valence electrons. The van der Waals surface area contributed by atoms with Crippen molar-refractivity contribution in [3.63, 3.8) is 0 Å². The van der Waals surface area contributed by atoms with Gasteiger partial charge in [-0.2, -0.15) is 0 Å². The van der Waals surface area contributed by atoms with Gasteiger partial charge in [-0.05, 0) is 31.5 Å². The summed E-state index contributed by atoms with van der Waals surface area (Å²) in [4.78, 5) is 0. The number of ether oxygens (including phenoxy) is 1. The van der Waals surface area contributed by atoms with Gasteiger partial charge in [0.25, 0.3) is 0 Å². The van der Waals surface area contributed by atoms with Crippen LogP contribution < -0.4 is 10.1 Å². The van der Waals surface area contributed by atoms with E-state index in [0.717, 1.165) is 12.3 Å². The minimum absolute atomic E-state index is 0.293. The summed E-state index contributed by atoms with van der Waals surface area (Å²) in [7, 11) is 1.68. The molecule has 0 aromatic heterocycles. The Balaban J connectivity index is 2.62. The van der Waals surface area contributed by atoms with Crippen molar-refractivity contribution in [1.29, 1.82) is 0 Å². The second-order valence-electron chi connectivity index (χ2n) is 3.31. The lowest BCUT2D eigenvalue weighted by molar-refractivity contribution is 0.413. The number of nitrogens with one attached hydrogen (secondary N) is 1. The van der Waals surface area contributed by atoms with Crippen LogP contribution in [0.3, 0.4) is 0 Å². The molecule has 1 rings (SSSR count). The molecule has 0 spiro atoms. The quantitative estimate of drug-likeness (QED) is 0.758. The molecule has 1 unspecified atom stereocenters. The van der Waals surface area contributed by atoms with Crippen LogP contribution in [0.1, 0.15) is 25.5 Å². The maximum atomic E-state index is 5.17. The molecule has 0 heterocycles. The van der Waals surface area contributed by atoms with Gasteiger partial charge < -0.3 is 4.74 Å². The van der Waals surface area contributed by atoms with Crippen LogP contribution in [0.25, 0.3) is 0 Å². The third-order valence-electron chi connectivity index (χ3n) is 2.27. The summed E-state index contributed by atoms with van der Waals surface area (Å²) >= 11 is 0. The Labute approximate surface area is 91.6 Å². The molecule has 0 aliphatic heterocycles. The van der Waals surface area contributed by atoms with E-state index in [1.54, 1.807) is 7.11 Å². The molecule has 0 fully saturated rings. The summed E-state index contributed by atoms with van der Waals surface area (Å²) in [6, 6.07) is 8.36. The Morgan fingerprint density at radius 2 is 2.27 bits per heavy atom. The Kier molecular flexibility index (Phi) is 4.73. The first kappa shape index (κ1) is 11.6. The molecule has 15 heavy (non-hydrogen) atoms. The number of hydrogen-bond donors (Lipinski definition) is 1. The highest BCUT2D eigenvalue weighted by Crippen LogP contribution is 2.18. The molecular weight excluding hydrogens is 186 g/mol. The molecule has 0 radical (unpaired) electrons. The smallest absolute Gasteiger partial charge is 0.119 e. The van der Waals surface area contributed by atoms with Gasteiger partial charge >= 0.3 is 0 Å². The van der Waals surface area contributed by atoms with Gasteiger partial charge in [-0.15, -0.1) is 5.92 Å². The van der Waals surface area contributed by atoms with E-state index in [0.29, 0.717) is 6.04 Å². The average Bonchev–Trinajstić information content (AvgIpc) is 2.29. The molecule has 0 bridgehead atoms. The van der Waals surface area contributed by atoms with Crippen LogP contribution in [0.15, 0.2) is 24.3 Å². The molecule has 2 heteroatoms. The van der Waals surface area contributed by atoms with Crippen LogP contribution in [0, 0.1) is 11.8 Å². The fourth-order valence-corrected chi connectivity index (χ4v) is 1.32. The van der Waals surface area contributed by atoms with E-state index in [1.807, 2.05) is 25.1 Å². The molecule has 0 saturated carbocycles. The van der Waals surface area contributed by atoms with Crippen LogP contribution in [-0.2, 0) is 0 Å². The van der Waals surface area contributed by atoms with Gasteiger partial charge in [-0.1, -0.05) is 18.1 Å². The maximum absolute atomic E-state index is 5.17. The second-order valence-corrected chi connectivity index (χ2v) is 3.31. The summed E-state index contributed by atoms with van der Waals surface area (Å²) in [5.41, 5.74) is 1.22. The maximum Gasteiger partial charge on any atom is 0.119 e. The monoisotopic (exact) mass is 203 g/mol. The minimum atomic E-state index is 0.293. The molecule has 0 amide bonds. The van der Waals surface area contributed by atoms with Gasteiger partial charge in [0.2, 0.25) is 0 Å². The van der Waals surface area contributed by atoms with Gasteiger partial charge in [0.1, 0.15) is 5.75 Å². The number of hydrogen-bond acceptors (Lipinski definition) is 2. The van der Waals surface area contributed by atoms with Crippen molar-refractivity contribution in [1.82, 2.24) is 5.32 Å². The summed E-state index contributed by atoms with van der Waals surface area (Å²) in [5.74, 6) is 6.74. The Morgan fingerprint density at radius 3 is 2.93 bits per heavy atom. The van der Waals surface area contributed by atoms with E-state index < -0.39 is 0 Å². The Morgan fingerprint density at radius 1 is 1.47 bits per heavy atom. The van der Waals surface area contributed by atoms with Gasteiger partial charge in [0.15, 0.2) is 0 Å². The largest absolute Gasteiger partial charge is 0.497 e. The lowest BCUT2D eigenvalue weighted by Crippen LogP contribution is -2.18. The first-order valence-corrected chi connectivity index (χ1v) is 5.05. The first-order chi connectivity index (χ1) is 7.27. The summed E-state index contributed by atoms with van der Waals surface area (Å²) in [6.45, 7) is 4.68. The molecular formula is C13H17NO. The van der Waals surface area contributed by atoms with Gasteiger partial charge in [0.05, 0.1) is 13.7 Å². The fourth-order valence-electron chi connectivity index (χ4n) is 1.32. The van der Waals surface area contributed by atoms with Crippen molar-refractivity contribution in [2.75, 3.05) is 13.7 Å². The van der Waals surface area contributed by atoms with E-state index in [2.05, 4.69) is 30.1 Å². The van der Waals surface area contributed by atoms with Crippen molar-refractivity contribution < 1.29 is 4.74 Å². The summed E-state index contributed by atoms with van der Waals surface area (Å²) in [6.07, 6.45) is 0.